The molecule has 1 aromatic carbocycles. The number of esters is 1. The Kier molecular flexibility index (Phi) is 3.84. The maximum Gasteiger partial charge on any atom is 0.338 e. The predicted molar refractivity (Wildman–Crippen MR) is 61.0 cm³/mol. The first-order valence-electron chi connectivity index (χ1n) is 4.99. The van der Waals surface area contributed by atoms with Crippen molar-refractivity contribution in [1.29, 1.82) is 5.26 Å². The lowest BCUT2D eigenvalue weighted by molar-refractivity contribution is -0.130. The van der Waals surface area contributed by atoms with Crippen molar-refractivity contribution in [3.05, 3.63) is 41.5 Å². The van der Waals surface area contributed by atoms with Crippen molar-refractivity contribution in [3.8, 4) is 11.8 Å². The van der Waals surface area contributed by atoms with Gasteiger partial charge in [0.15, 0.2) is 5.75 Å². The molecule has 82 valence electrons. The summed E-state index contributed by atoms with van der Waals surface area (Å²) in [4.78, 5) is 11.5. The monoisotopic (exact) mass is 215 g/mol. The first-order valence-corrected chi connectivity index (χ1v) is 4.99. The number of hydrogen-bond donors (Lipinski definition) is 0. The molecule has 0 N–H and O–H groups in total. The van der Waals surface area contributed by atoms with Crippen molar-refractivity contribution in [1.82, 2.24) is 0 Å². The molecular formula is C13H13NO2. The van der Waals surface area contributed by atoms with Crippen LogP contribution < -0.4 is 4.74 Å². The van der Waals surface area contributed by atoms with Gasteiger partial charge in [0.05, 0.1) is 5.56 Å². The van der Waals surface area contributed by atoms with Crippen LogP contribution in [-0.2, 0) is 4.79 Å². The van der Waals surface area contributed by atoms with Crippen molar-refractivity contribution in [2.45, 2.75) is 20.3 Å². The molecule has 3 nitrogen and oxygen atoms in total. The number of ether oxygens (including phenoxy) is 1. The standard InChI is InChI=1S/C13H13NO2/c1-4-9(2)13(15)16-12-10(3)6-5-7-11(12)8-14/h5-7H,2,4H2,1,3H3. The predicted octanol–water partition coefficient (Wildman–Crippen LogP) is 2.74. The van der Waals surface area contributed by atoms with Crippen LogP contribution in [0.3, 0.4) is 0 Å². The summed E-state index contributed by atoms with van der Waals surface area (Å²) in [5.74, 6) is -0.155. The van der Waals surface area contributed by atoms with Gasteiger partial charge in [-0.15, -0.1) is 0 Å². The van der Waals surface area contributed by atoms with Gasteiger partial charge in [-0.1, -0.05) is 25.6 Å². The van der Waals surface area contributed by atoms with Crippen LogP contribution in [0.1, 0.15) is 24.5 Å². The van der Waals surface area contributed by atoms with Crippen LogP contribution in [0.2, 0.25) is 0 Å². The molecule has 1 rings (SSSR count). The van der Waals surface area contributed by atoms with Gasteiger partial charge in [-0.25, -0.2) is 4.79 Å². The number of carbonyl (C=O) groups is 1. The Labute approximate surface area is 95.0 Å². The molecule has 0 aliphatic carbocycles. The fourth-order valence-corrected chi connectivity index (χ4v) is 1.19. The Balaban J connectivity index is 3.02. The highest BCUT2D eigenvalue weighted by atomic mass is 16.5. The molecule has 0 aliphatic rings. The fourth-order valence-electron chi connectivity index (χ4n) is 1.19. The molecule has 0 saturated heterocycles. The number of benzene rings is 1. The highest BCUT2D eigenvalue weighted by Gasteiger charge is 2.13. The van der Waals surface area contributed by atoms with Crippen molar-refractivity contribution < 1.29 is 9.53 Å². The second kappa shape index (κ2) is 5.13. The van der Waals surface area contributed by atoms with E-state index in [0.29, 0.717) is 23.3 Å². The van der Waals surface area contributed by atoms with E-state index < -0.39 is 5.97 Å². The topological polar surface area (TPSA) is 50.1 Å². The molecule has 16 heavy (non-hydrogen) atoms. The van der Waals surface area contributed by atoms with Gasteiger partial charge >= 0.3 is 5.97 Å². The Morgan fingerprint density at radius 3 is 2.81 bits per heavy atom. The Bertz CT molecular complexity index is 469. The molecule has 0 bridgehead atoms. The molecule has 0 aliphatic heterocycles. The Hall–Kier alpha value is -2.08. The minimum absolute atomic E-state index is 0.324. The van der Waals surface area contributed by atoms with Crippen molar-refractivity contribution in [2.75, 3.05) is 0 Å². The second-order valence-corrected chi connectivity index (χ2v) is 3.41. The molecule has 0 atom stereocenters. The Morgan fingerprint density at radius 2 is 2.25 bits per heavy atom. The largest absolute Gasteiger partial charge is 0.421 e. The van der Waals surface area contributed by atoms with E-state index in [1.54, 1.807) is 25.1 Å². The van der Waals surface area contributed by atoms with E-state index in [9.17, 15) is 4.79 Å². The van der Waals surface area contributed by atoms with Crippen LogP contribution in [0.4, 0.5) is 0 Å². The van der Waals surface area contributed by atoms with Crippen LogP contribution in [0.15, 0.2) is 30.4 Å². The third kappa shape index (κ3) is 2.48. The van der Waals surface area contributed by atoms with Gasteiger partial charge in [0.1, 0.15) is 6.07 Å². The molecule has 0 unspecified atom stereocenters. The molecule has 0 saturated carbocycles. The Morgan fingerprint density at radius 1 is 1.56 bits per heavy atom. The zero-order valence-electron chi connectivity index (χ0n) is 9.41. The quantitative estimate of drug-likeness (QED) is 0.442. The van der Waals surface area contributed by atoms with Gasteiger partial charge in [0.2, 0.25) is 0 Å². The summed E-state index contributed by atoms with van der Waals surface area (Å²) >= 11 is 0. The maximum atomic E-state index is 11.5. The minimum Gasteiger partial charge on any atom is -0.421 e. The third-order valence-electron chi connectivity index (χ3n) is 2.24. The molecule has 0 heterocycles. The van der Waals surface area contributed by atoms with E-state index in [1.807, 2.05) is 13.0 Å². The molecule has 0 spiro atoms. The summed E-state index contributed by atoms with van der Waals surface area (Å²) in [7, 11) is 0. The average molecular weight is 215 g/mol. The first-order chi connectivity index (χ1) is 7.60. The van der Waals surface area contributed by atoms with E-state index >= 15 is 0 Å². The fraction of sp³-hybridized carbons (Fsp3) is 0.231. The third-order valence-corrected chi connectivity index (χ3v) is 2.24. The van der Waals surface area contributed by atoms with Gasteiger partial charge in [0.25, 0.3) is 0 Å². The normalized spacial score (nSPS) is 9.31. The van der Waals surface area contributed by atoms with E-state index in [2.05, 4.69) is 6.58 Å². The van der Waals surface area contributed by atoms with Crippen molar-refractivity contribution in [3.63, 3.8) is 0 Å². The zero-order chi connectivity index (χ0) is 12.1. The molecule has 0 amide bonds. The number of carbonyl (C=O) groups excluding carboxylic acids is 1. The number of hydrogen-bond acceptors (Lipinski definition) is 3. The lowest BCUT2D eigenvalue weighted by Crippen LogP contribution is -2.11. The molecule has 1 aromatic rings. The lowest BCUT2D eigenvalue weighted by Gasteiger charge is -2.09. The van der Waals surface area contributed by atoms with E-state index in [0.717, 1.165) is 5.56 Å². The summed E-state index contributed by atoms with van der Waals surface area (Å²) < 4.78 is 5.16. The first kappa shape index (κ1) is 12.0. The number of rotatable bonds is 3. The van der Waals surface area contributed by atoms with Crippen LogP contribution in [0, 0.1) is 18.3 Å². The highest BCUT2D eigenvalue weighted by molar-refractivity contribution is 5.89. The van der Waals surface area contributed by atoms with Gasteiger partial charge in [-0.3, -0.25) is 0 Å². The maximum absolute atomic E-state index is 11.5. The van der Waals surface area contributed by atoms with Gasteiger partial charge in [0, 0.05) is 5.57 Å². The molecule has 3 heteroatoms. The highest BCUT2D eigenvalue weighted by Crippen LogP contribution is 2.23. The SMILES string of the molecule is C=C(CC)C(=O)Oc1c(C)cccc1C#N. The van der Waals surface area contributed by atoms with E-state index in [-0.39, 0.29) is 0 Å². The van der Waals surface area contributed by atoms with Crippen LogP contribution in [0.5, 0.6) is 5.75 Å². The summed E-state index contributed by atoms with van der Waals surface area (Å²) in [5.41, 5.74) is 1.51. The summed E-state index contributed by atoms with van der Waals surface area (Å²) in [6.07, 6.45) is 0.534. The summed E-state index contributed by atoms with van der Waals surface area (Å²) in [6, 6.07) is 7.15. The van der Waals surface area contributed by atoms with Crippen LogP contribution in [0.25, 0.3) is 0 Å². The minimum atomic E-state index is -0.478. The summed E-state index contributed by atoms with van der Waals surface area (Å²) in [6.45, 7) is 7.21. The summed E-state index contributed by atoms with van der Waals surface area (Å²) in [5, 5.41) is 8.89. The smallest absolute Gasteiger partial charge is 0.338 e. The molecule has 0 aromatic heterocycles. The van der Waals surface area contributed by atoms with Crippen molar-refractivity contribution in [2.24, 2.45) is 0 Å². The van der Waals surface area contributed by atoms with Gasteiger partial charge in [-0.2, -0.15) is 5.26 Å². The van der Waals surface area contributed by atoms with Crippen molar-refractivity contribution >= 4 is 5.97 Å². The van der Waals surface area contributed by atoms with Crippen LogP contribution in [-0.4, -0.2) is 5.97 Å². The molecule has 0 radical (unpaired) electrons. The zero-order valence-corrected chi connectivity index (χ0v) is 9.41. The lowest BCUT2D eigenvalue weighted by atomic mass is 10.1. The number of nitrogens with zero attached hydrogens (tertiary/aromatic N) is 1. The van der Waals surface area contributed by atoms with E-state index in [4.69, 9.17) is 10.00 Å². The number of aryl methyl sites for hydroxylation is 1. The average Bonchev–Trinajstić information content (AvgIpc) is 2.30. The van der Waals surface area contributed by atoms with E-state index in [1.165, 1.54) is 0 Å². The number of para-hydroxylation sites is 1. The number of nitriles is 1. The molecular weight excluding hydrogens is 202 g/mol. The van der Waals surface area contributed by atoms with Crippen LogP contribution >= 0.6 is 0 Å². The van der Waals surface area contributed by atoms with Gasteiger partial charge < -0.3 is 4.74 Å². The van der Waals surface area contributed by atoms with Gasteiger partial charge in [-0.05, 0) is 25.0 Å². The second-order valence-electron chi connectivity index (χ2n) is 3.41. The molecule has 0 fully saturated rings.